The first-order valence-electron chi connectivity index (χ1n) is 6.83. The van der Waals surface area contributed by atoms with Gasteiger partial charge < -0.3 is 19.8 Å². The lowest BCUT2D eigenvalue weighted by atomic mass is 10.0. The quantitative estimate of drug-likeness (QED) is 0.912. The number of nitrogens with zero attached hydrogens (tertiary/aromatic N) is 4. The van der Waals surface area contributed by atoms with Crippen molar-refractivity contribution in [2.75, 3.05) is 44.0 Å². The Bertz CT molecular complexity index is 470. The largest absolute Gasteiger partial charge is 0.465 e. The number of carboxylic acid groups (broad SMARTS) is 1. The second kappa shape index (κ2) is 5.98. The van der Waals surface area contributed by atoms with Crippen molar-refractivity contribution in [3.05, 3.63) is 18.3 Å². The van der Waals surface area contributed by atoms with Crippen LogP contribution in [0.15, 0.2) is 18.3 Å². The molecule has 1 aromatic heterocycles. The molecule has 1 aliphatic rings. The standard InChI is InChI=1S/C14H22N4O2/c1-16(2)13-10-12(4-7-15-13)18-8-5-11(6-9-18)17(3)14(19)20/h4,7,10-11H,5-6,8-9H2,1-3H3,(H,19,20). The summed E-state index contributed by atoms with van der Waals surface area (Å²) in [7, 11) is 5.60. The maximum Gasteiger partial charge on any atom is 0.407 e. The fourth-order valence-corrected chi connectivity index (χ4v) is 2.52. The van der Waals surface area contributed by atoms with E-state index in [1.165, 1.54) is 4.90 Å². The summed E-state index contributed by atoms with van der Waals surface area (Å²) in [5.41, 5.74) is 1.15. The molecule has 1 amide bonds. The predicted molar refractivity (Wildman–Crippen MR) is 79.6 cm³/mol. The van der Waals surface area contributed by atoms with E-state index in [2.05, 4.69) is 16.0 Å². The van der Waals surface area contributed by atoms with Crippen molar-refractivity contribution in [1.29, 1.82) is 0 Å². The molecule has 0 saturated carbocycles. The minimum atomic E-state index is -0.845. The van der Waals surface area contributed by atoms with Crippen LogP contribution in [0.4, 0.5) is 16.3 Å². The molecule has 2 heterocycles. The van der Waals surface area contributed by atoms with Crippen LogP contribution in [0, 0.1) is 0 Å². The summed E-state index contributed by atoms with van der Waals surface area (Å²) in [5, 5.41) is 9.01. The minimum Gasteiger partial charge on any atom is -0.465 e. The first-order valence-corrected chi connectivity index (χ1v) is 6.83. The highest BCUT2D eigenvalue weighted by molar-refractivity contribution is 5.65. The number of amides is 1. The summed E-state index contributed by atoms with van der Waals surface area (Å²) in [6.07, 6.45) is 2.70. The van der Waals surface area contributed by atoms with E-state index in [0.717, 1.165) is 37.4 Å². The molecule has 1 aliphatic heterocycles. The Kier molecular flexibility index (Phi) is 4.32. The van der Waals surface area contributed by atoms with Gasteiger partial charge in [0, 0.05) is 58.2 Å². The zero-order chi connectivity index (χ0) is 14.7. The molecular weight excluding hydrogens is 256 g/mol. The molecule has 1 fully saturated rings. The molecule has 0 atom stereocenters. The number of hydrogen-bond acceptors (Lipinski definition) is 4. The summed E-state index contributed by atoms with van der Waals surface area (Å²) >= 11 is 0. The van der Waals surface area contributed by atoms with Crippen LogP contribution in [0.5, 0.6) is 0 Å². The Labute approximate surface area is 119 Å². The summed E-state index contributed by atoms with van der Waals surface area (Å²) < 4.78 is 0. The number of anilines is 2. The third-order valence-electron chi connectivity index (χ3n) is 3.87. The van der Waals surface area contributed by atoms with Crippen molar-refractivity contribution in [3.63, 3.8) is 0 Å². The van der Waals surface area contributed by atoms with Gasteiger partial charge in [0.2, 0.25) is 0 Å². The van der Waals surface area contributed by atoms with Crippen LogP contribution >= 0.6 is 0 Å². The van der Waals surface area contributed by atoms with Gasteiger partial charge in [-0.3, -0.25) is 0 Å². The average Bonchev–Trinajstić information content (AvgIpc) is 2.46. The van der Waals surface area contributed by atoms with Crippen molar-refractivity contribution in [1.82, 2.24) is 9.88 Å². The third kappa shape index (κ3) is 3.12. The fourth-order valence-electron chi connectivity index (χ4n) is 2.52. The summed E-state index contributed by atoms with van der Waals surface area (Å²) in [4.78, 5) is 21.0. The SMILES string of the molecule is CN(C)c1cc(N2CCC(N(C)C(=O)O)CC2)ccn1. The number of rotatable bonds is 3. The molecule has 6 heteroatoms. The van der Waals surface area contributed by atoms with Gasteiger partial charge >= 0.3 is 6.09 Å². The second-order valence-corrected chi connectivity index (χ2v) is 5.38. The van der Waals surface area contributed by atoms with Crippen LogP contribution < -0.4 is 9.80 Å². The summed E-state index contributed by atoms with van der Waals surface area (Å²) in [5.74, 6) is 0.937. The molecule has 110 valence electrons. The normalized spacial score (nSPS) is 16.1. The van der Waals surface area contributed by atoms with Gasteiger partial charge in [-0.15, -0.1) is 0 Å². The second-order valence-electron chi connectivity index (χ2n) is 5.38. The van der Waals surface area contributed by atoms with E-state index in [0.29, 0.717) is 0 Å². The van der Waals surface area contributed by atoms with E-state index >= 15 is 0 Å². The van der Waals surface area contributed by atoms with Gasteiger partial charge in [0.1, 0.15) is 5.82 Å². The molecule has 1 N–H and O–H groups in total. The molecule has 0 aliphatic carbocycles. The van der Waals surface area contributed by atoms with Crippen LogP contribution in [0.25, 0.3) is 0 Å². The smallest absolute Gasteiger partial charge is 0.407 e. The number of piperidine rings is 1. The van der Waals surface area contributed by atoms with E-state index in [1.54, 1.807) is 7.05 Å². The van der Waals surface area contributed by atoms with E-state index in [9.17, 15) is 4.79 Å². The summed E-state index contributed by atoms with van der Waals surface area (Å²) in [6, 6.07) is 4.20. The minimum absolute atomic E-state index is 0.124. The lowest BCUT2D eigenvalue weighted by molar-refractivity contribution is 0.131. The van der Waals surface area contributed by atoms with E-state index in [1.807, 2.05) is 31.3 Å². The topological polar surface area (TPSA) is 59.9 Å². The van der Waals surface area contributed by atoms with Crippen molar-refractivity contribution in [2.45, 2.75) is 18.9 Å². The van der Waals surface area contributed by atoms with E-state index < -0.39 is 6.09 Å². The number of carbonyl (C=O) groups is 1. The molecular formula is C14H22N4O2. The highest BCUT2D eigenvalue weighted by atomic mass is 16.4. The molecule has 0 bridgehead atoms. The van der Waals surface area contributed by atoms with Gasteiger partial charge in [-0.2, -0.15) is 0 Å². The number of pyridine rings is 1. The Morgan fingerprint density at radius 3 is 2.55 bits per heavy atom. The van der Waals surface area contributed by atoms with Gasteiger partial charge in [-0.25, -0.2) is 9.78 Å². The molecule has 0 spiro atoms. The van der Waals surface area contributed by atoms with E-state index in [-0.39, 0.29) is 6.04 Å². The van der Waals surface area contributed by atoms with Crippen LogP contribution in [-0.2, 0) is 0 Å². The van der Waals surface area contributed by atoms with Crippen LogP contribution in [0.2, 0.25) is 0 Å². The van der Waals surface area contributed by atoms with Gasteiger partial charge in [0.25, 0.3) is 0 Å². The molecule has 6 nitrogen and oxygen atoms in total. The average molecular weight is 278 g/mol. The van der Waals surface area contributed by atoms with Gasteiger partial charge in [0.15, 0.2) is 0 Å². The maximum atomic E-state index is 11.0. The lowest BCUT2D eigenvalue weighted by Crippen LogP contribution is -2.45. The molecule has 0 aromatic carbocycles. The van der Waals surface area contributed by atoms with Gasteiger partial charge in [-0.05, 0) is 18.9 Å². The monoisotopic (exact) mass is 278 g/mol. The Balaban J connectivity index is 2.00. The Hall–Kier alpha value is -1.98. The zero-order valence-corrected chi connectivity index (χ0v) is 12.3. The molecule has 2 rings (SSSR count). The first-order chi connectivity index (χ1) is 9.49. The number of aromatic nitrogens is 1. The van der Waals surface area contributed by atoms with Crippen molar-refractivity contribution in [2.24, 2.45) is 0 Å². The van der Waals surface area contributed by atoms with Crippen molar-refractivity contribution >= 4 is 17.6 Å². The number of hydrogen-bond donors (Lipinski definition) is 1. The Morgan fingerprint density at radius 1 is 1.35 bits per heavy atom. The zero-order valence-electron chi connectivity index (χ0n) is 12.3. The molecule has 1 saturated heterocycles. The summed E-state index contributed by atoms with van der Waals surface area (Å²) in [6.45, 7) is 1.75. The van der Waals surface area contributed by atoms with Crippen LogP contribution in [0.3, 0.4) is 0 Å². The van der Waals surface area contributed by atoms with Gasteiger partial charge in [0.05, 0.1) is 0 Å². The molecule has 1 aromatic rings. The maximum absolute atomic E-state index is 11.0. The van der Waals surface area contributed by atoms with Crippen LogP contribution in [-0.4, -0.2) is 61.4 Å². The Morgan fingerprint density at radius 2 is 2.00 bits per heavy atom. The molecule has 20 heavy (non-hydrogen) atoms. The highest BCUT2D eigenvalue weighted by Gasteiger charge is 2.25. The predicted octanol–water partition coefficient (Wildman–Crippen LogP) is 1.73. The van der Waals surface area contributed by atoms with Gasteiger partial charge in [-0.1, -0.05) is 0 Å². The van der Waals surface area contributed by atoms with E-state index in [4.69, 9.17) is 5.11 Å². The van der Waals surface area contributed by atoms with Crippen LogP contribution in [0.1, 0.15) is 12.8 Å². The molecule has 0 unspecified atom stereocenters. The highest BCUT2D eigenvalue weighted by Crippen LogP contribution is 2.24. The fraction of sp³-hybridized carbons (Fsp3) is 0.571. The first kappa shape index (κ1) is 14.4. The molecule has 0 radical (unpaired) electrons. The lowest BCUT2D eigenvalue weighted by Gasteiger charge is -2.36. The third-order valence-corrected chi connectivity index (χ3v) is 3.87. The van der Waals surface area contributed by atoms with Crippen molar-refractivity contribution < 1.29 is 9.90 Å². The van der Waals surface area contributed by atoms with Crippen molar-refractivity contribution in [3.8, 4) is 0 Å².